The molecule has 0 radical (unpaired) electrons. The van der Waals surface area contributed by atoms with Crippen molar-refractivity contribution in [2.45, 2.75) is 26.3 Å². The second-order valence-electron chi connectivity index (χ2n) is 4.71. The van der Waals surface area contributed by atoms with E-state index in [0.29, 0.717) is 0 Å². The van der Waals surface area contributed by atoms with Crippen molar-refractivity contribution in [2.75, 3.05) is 11.9 Å². The van der Waals surface area contributed by atoms with Crippen molar-refractivity contribution >= 4 is 17.3 Å². The zero-order valence-corrected chi connectivity index (χ0v) is 12.5. The molecule has 0 atom stereocenters. The summed E-state index contributed by atoms with van der Waals surface area (Å²) in [4.78, 5) is 0. The summed E-state index contributed by atoms with van der Waals surface area (Å²) in [6.07, 6.45) is 2.24. The van der Waals surface area contributed by atoms with Gasteiger partial charge in [-0.05, 0) is 48.4 Å². The van der Waals surface area contributed by atoms with Crippen LogP contribution in [-0.4, -0.2) is 6.61 Å². The van der Waals surface area contributed by atoms with E-state index in [1.807, 2.05) is 36.4 Å². The topological polar surface area (TPSA) is 21.3 Å². The lowest BCUT2D eigenvalue weighted by atomic mass is 10.2. The second-order valence-corrected chi connectivity index (χ2v) is 5.15. The molecule has 0 saturated heterocycles. The second kappa shape index (κ2) is 7.81. The molecule has 1 N–H and O–H groups in total. The van der Waals surface area contributed by atoms with Crippen molar-refractivity contribution in [3.63, 3.8) is 0 Å². The molecule has 0 fully saturated rings. The number of nitrogens with one attached hydrogen (secondary N) is 1. The first-order valence-electron chi connectivity index (χ1n) is 6.99. The van der Waals surface area contributed by atoms with Crippen molar-refractivity contribution < 1.29 is 4.74 Å². The molecule has 0 saturated carbocycles. The van der Waals surface area contributed by atoms with Gasteiger partial charge in [-0.15, -0.1) is 0 Å². The van der Waals surface area contributed by atoms with Gasteiger partial charge in [0.2, 0.25) is 0 Å². The fourth-order valence-electron chi connectivity index (χ4n) is 1.85. The van der Waals surface area contributed by atoms with E-state index in [9.17, 15) is 0 Å². The Bertz CT molecular complexity index is 525. The van der Waals surface area contributed by atoms with Gasteiger partial charge in [-0.1, -0.05) is 37.1 Å². The molecule has 0 heterocycles. The Labute approximate surface area is 125 Å². The van der Waals surface area contributed by atoms with Crippen LogP contribution in [0, 0.1) is 0 Å². The van der Waals surface area contributed by atoms with E-state index in [4.69, 9.17) is 16.3 Å². The SMILES string of the molecule is CCCCOc1cccc(CNc2ccc(Cl)cc2)c1. The molecule has 2 aromatic carbocycles. The van der Waals surface area contributed by atoms with E-state index in [1.54, 1.807) is 0 Å². The monoisotopic (exact) mass is 289 g/mol. The van der Waals surface area contributed by atoms with Crippen LogP contribution in [0.4, 0.5) is 5.69 Å². The van der Waals surface area contributed by atoms with Gasteiger partial charge in [-0.3, -0.25) is 0 Å². The molecule has 0 spiro atoms. The van der Waals surface area contributed by atoms with Crippen molar-refractivity contribution in [1.82, 2.24) is 0 Å². The molecule has 0 aromatic heterocycles. The van der Waals surface area contributed by atoms with Crippen LogP contribution in [0.5, 0.6) is 5.75 Å². The molecule has 2 rings (SSSR count). The summed E-state index contributed by atoms with van der Waals surface area (Å²) in [6, 6.07) is 15.9. The summed E-state index contributed by atoms with van der Waals surface area (Å²) in [6.45, 7) is 3.72. The average molecular weight is 290 g/mol. The maximum atomic E-state index is 5.87. The molecule has 0 aliphatic carbocycles. The van der Waals surface area contributed by atoms with Crippen LogP contribution in [0.1, 0.15) is 25.3 Å². The van der Waals surface area contributed by atoms with Gasteiger partial charge in [-0.25, -0.2) is 0 Å². The summed E-state index contributed by atoms with van der Waals surface area (Å²) < 4.78 is 5.71. The van der Waals surface area contributed by atoms with Crippen LogP contribution in [0.25, 0.3) is 0 Å². The van der Waals surface area contributed by atoms with E-state index in [-0.39, 0.29) is 0 Å². The molecule has 0 aliphatic rings. The molecule has 0 aliphatic heterocycles. The Kier molecular flexibility index (Phi) is 5.75. The van der Waals surface area contributed by atoms with E-state index in [2.05, 4.69) is 24.4 Å². The van der Waals surface area contributed by atoms with Gasteiger partial charge < -0.3 is 10.1 Å². The Hall–Kier alpha value is -1.67. The smallest absolute Gasteiger partial charge is 0.119 e. The number of benzene rings is 2. The largest absolute Gasteiger partial charge is 0.494 e. The lowest BCUT2D eigenvalue weighted by molar-refractivity contribution is 0.309. The summed E-state index contributed by atoms with van der Waals surface area (Å²) in [5, 5.41) is 4.12. The first-order chi connectivity index (χ1) is 9.78. The highest BCUT2D eigenvalue weighted by Gasteiger charge is 1.98. The minimum absolute atomic E-state index is 0.752. The molecule has 3 heteroatoms. The van der Waals surface area contributed by atoms with Gasteiger partial charge >= 0.3 is 0 Å². The van der Waals surface area contributed by atoms with Crippen LogP contribution in [0.3, 0.4) is 0 Å². The molecule has 0 unspecified atom stereocenters. The molecule has 20 heavy (non-hydrogen) atoms. The number of anilines is 1. The predicted octanol–water partition coefficient (Wildman–Crippen LogP) is 5.13. The number of rotatable bonds is 7. The first kappa shape index (κ1) is 14.7. The van der Waals surface area contributed by atoms with Crippen molar-refractivity contribution in [3.8, 4) is 5.75 Å². The number of halogens is 1. The number of unbranched alkanes of at least 4 members (excludes halogenated alkanes) is 1. The molecular weight excluding hydrogens is 270 g/mol. The molecule has 2 nitrogen and oxygen atoms in total. The van der Waals surface area contributed by atoms with Gasteiger partial charge in [0.05, 0.1) is 6.61 Å². The lowest BCUT2D eigenvalue weighted by Gasteiger charge is -2.09. The number of ether oxygens (including phenoxy) is 1. The molecular formula is C17H20ClNO. The minimum atomic E-state index is 0.752. The van der Waals surface area contributed by atoms with E-state index in [1.165, 1.54) is 5.56 Å². The highest BCUT2D eigenvalue weighted by Crippen LogP contribution is 2.17. The molecule has 0 amide bonds. The zero-order valence-electron chi connectivity index (χ0n) is 11.7. The van der Waals surface area contributed by atoms with Gasteiger partial charge in [0.25, 0.3) is 0 Å². The number of hydrogen-bond donors (Lipinski definition) is 1. The maximum Gasteiger partial charge on any atom is 0.119 e. The first-order valence-corrected chi connectivity index (χ1v) is 7.37. The van der Waals surface area contributed by atoms with Crippen LogP contribution in [0.15, 0.2) is 48.5 Å². The van der Waals surface area contributed by atoms with Gasteiger partial charge in [0.15, 0.2) is 0 Å². The third-order valence-corrected chi connectivity index (χ3v) is 3.26. The fourth-order valence-corrected chi connectivity index (χ4v) is 1.98. The van der Waals surface area contributed by atoms with Crippen molar-refractivity contribution in [3.05, 3.63) is 59.1 Å². The van der Waals surface area contributed by atoms with Crippen LogP contribution in [0.2, 0.25) is 5.02 Å². The Balaban J connectivity index is 1.89. The van der Waals surface area contributed by atoms with E-state index in [0.717, 1.165) is 42.5 Å². The van der Waals surface area contributed by atoms with Crippen molar-refractivity contribution in [2.24, 2.45) is 0 Å². The fraction of sp³-hybridized carbons (Fsp3) is 0.294. The van der Waals surface area contributed by atoms with Gasteiger partial charge in [0.1, 0.15) is 5.75 Å². The third-order valence-electron chi connectivity index (χ3n) is 3.01. The zero-order chi connectivity index (χ0) is 14.2. The van der Waals surface area contributed by atoms with Crippen LogP contribution in [-0.2, 0) is 6.54 Å². The predicted molar refractivity (Wildman–Crippen MR) is 85.6 cm³/mol. The molecule has 2 aromatic rings. The summed E-state index contributed by atoms with van der Waals surface area (Å²) >= 11 is 5.87. The number of hydrogen-bond acceptors (Lipinski definition) is 2. The Morgan fingerprint density at radius 1 is 1.10 bits per heavy atom. The van der Waals surface area contributed by atoms with Crippen LogP contribution >= 0.6 is 11.6 Å². The van der Waals surface area contributed by atoms with Gasteiger partial charge in [-0.2, -0.15) is 0 Å². The third kappa shape index (κ3) is 4.78. The quantitative estimate of drug-likeness (QED) is 0.713. The van der Waals surface area contributed by atoms with E-state index >= 15 is 0 Å². The average Bonchev–Trinajstić information content (AvgIpc) is 2.47. The van der Waals surface area contributed by atoms with E-state index < -0.39 is 0 Å². The standard InChI is InChI=1S/C17H20ClNO/c1-2-3-11-20-17-6-4-5-14(12-17)13-19-16-9-7-15(18)8-10-16/h4-10,12,19H,2-3,11,13H2,1H3. The summed E-state index contributed by atoms with van der Waals surface area (Å²) in [5.41, 5.74) is 2.26. The molecule has 0 bridgehead atoms. The lowest BCUT2D eigenvalue weighted by Crippen LogP contribution is -2.01. The van der Waals surface area contributed by atoms with Crippen molar-refractivity contribution in [1.29, 1.82) is 0 Å². The van der Waals surface area contributed by atoms with Crippen LogP contribution < -0.4 is 10.1 Å². The molecule has 106 valence electrons. The summed E-state index contributed by atoms with van der Waals surface area (Å²) in [5.74, 6) is 0.939. The highest BCUT2D eigenvalue weighted by atomic mass is 35.5. The Morgan fingerprint density at radius 2 is 1.90 bits per heavy atom. The highest BCUT2D eigenvalue weighted by molar-refractivity contribution is 6.30. The maximum absolute atomic E-state index is 5.87. The Morgan fingerprint density at radius 3 is 2.65 bits per heavy atom. The van der Waals surface area contributed by atoms with Gasteiger partial charge in [0, 0.05) is 17.3 Å². The summed E-state index contributed by atoms with van der Waals surface area (Å²) in [7, 11) is 0. The normalized spacial score (nSPS) is 10.3. The minimum Gasteiger partial charge on any atom is -0.494 e.